The molecule has 0 aromatic heterocycles. The predicted molar refractivity (Wildman–Crippen MR) is 85.9 cm³/mol. The Kier molecular flexibility index (Phi) is 4.99. The van der Waals surface area contributed by atoms with Crippen LogP contribution in [0.15, 0.2) is 29.2 Å². The van der Waals surface area contributed by atoms with Gasteiger partial charge in [0.1, 0.15) is 4.90 Å². The summed E-state index contributed by atoms with van der Waals surface area (Å²) < 4.78 is 27.5. The number of benzene rings is 1. The summed E-state index contributed by atoms with van der Waals surface area (Å²) in [5.41, 5.74) is 0.688. The Morgan fingerprint density at radius 2 is 2.05 bits per heavy atom. The molecular weight excluding hydrogens is 292 g/mol. The summed E-state index contributed by atoms with van der Waals surface area (Å²) in [5, 5.41) is 3.46. The van der Waals surface area contributed by atoms with Crippen molar-refractivity contribution in [3.05, 3.63) is 24.3 Å². The fourth-order valence-electron chi connectivity index (χ4n) is 2.40. The van der Waals surface area contributed by atoms with Crippen LogP contribution in [0, 0.1) is 0 Å². The number of nitrogens with one attached hydrogen (secondary N) is 1. The second kappa shape index (κ2) is 6.37. The van der Waals surface area contributed by atoms with Crippen LogP contribution in [0.5, 0.6) is 0 Å². The Balaban J connectivity index is 2.39. The van der Waals surface area contributed by atoms with Crippen LogP contribution in [0.25, 0.3) is 0 Å². The normalized spacial score (nSPS) is 24.6. The molecule has 20 heavy (non-hydrogen) atoms. The maximum atomic E-state index is 12.9. The van der Waals surface area contributed by atoms with Gasteiger partial charge in [0.15, 0.2) is 0 Å². The molecule has 1 aromatic carbocycles. The molecule has 1 N–H and O–H groups in total. The summed E-state index contributed by atoms with van der Waals surface area (Å²) in [7, 11) is -3.44. The lowest BCUT2D eigenvalue weighted by Crippen LogP contribution is -2.47. The first-order chi connectivity index (χ1) is 9.48. The van der Waals surface area contributed by atoms with Gasteiger partial charge in [0, 0.05) is 30.1 Å². The molecule has 0 saturated carbocycles. The summed E-state index contributed by atoms with van der Waals surface area (Å²) in [6.07, 6.45) is 0. The van der Waals surface area contributed by atoms with Gasteiger partial charge in [-0.2, -0.15) is 16.1 Å². The standard InChI is InChI=1S/C14H22N2O2S2/c1-4-15-13-7-5-6-8-14(13)20(17,18)16-9-10-19-12(3)11(16)2/h5-8,11-12,15H,4,9-10H2,1-3H3. The van der Waals surface area contributed by atoms with Crippen molar-refractivity contribution in [3.63, 3.8) is 0 Å². The van der Waals surface area contributed by atoms with Gasteiger partial charge >= 0.3 is 0 Å². The van der Waals surface area contributed by atoms with E-state index in [0.29, 0.717) is 28.9 Å². The highest BCUT2D eigenvalue weighted by molar-refractivity contribution is 8.00. The SMILES string of the molecule is CCNc1ccccc1S(=O)(=O)N1CCSC(C)C1C. The highest BCUT2D eigenvalue weighted by Gasteiger charge is 2.35. The van der Waals surface area contributed by atoms with Gasteiger partial charge in [-0.15, -0.1) is 0 Å². The summed E-state index contributed by atoms with van der Waals surface area (Å²) >= 11 is 1.83. The van der Waals surface area contributed by atoms with Crippen LogP contribution in [-0.4, -0.2) is 42.9 Å². The highest BCUT2D eigenvalue weighted by Crippen LogP contribution is 2.31. The van der Waals surface area contributed by atoms with Crippen LogP contribution < -0.4 is 5.32 Å². The molecule has 0 radical (unpaired) electrons. The highest BCUT2D eigenvalue weighted by atomic mass is 32.2. The van der Waals surface area contributed by atoms with E-state index in [1.807, 2.05) is 37.7 Å². The lowest BCUT2D eigenvalue weighted by atomic mass is 10.2. The molecule has 1 heterocycles. The maximum absolute atomic E-state index is 12.9. The van der Waals surface area contributed by atoms with Crippen LogP contribution in [0.3, 0.4) is 0 Å². The van der Waals surface area contributed by atoms with Gasteiger partial charge in [-0.05, 0) is 26.0 Å². The van der Waals surface area contributed by atoms with Crippen molar-refractivity contribution in [2.45, 2.75) is 37.0 Å². The number of rotatable bonds is 4. The van der Waals surface area contributed by atoms with Crippen LogP contribution >= 0.6 is 11.8 Å². The van der Waals surface area contributed by atoms with Crippen molar-refractivity contribution in [1.29, 1.82) is 0 Å². The molecule has 1 fully saturated rings. The molecule has 1 aliphatic heterocycles. The minimum Gasteiger partial charge on any atom is -0.384 e. The van der Waals surface area contributed by atoms with Gasteiger partial charge in [0.25, 0.3) is 0 Å². The van der Waals surface area contributed by atoms with E-state index in [4.69, 9.17) is 0 Å². The number of anilines is 1. The van der Waals surface area contributed by atoms with Crippen molar-refractivity contribution in [3.8, 4) is 0 Å². The summed E-state index contributed by atoms with van der Waals surface area (Å²) in [4.78, 5) is 0.382. The van der Waals surface area contributed by atoms with Crippen LogP contribution in [0.4, 0.5) is 5.69 Å². The van der Waals surface area contributed by atoms with E-state index in [1.165, 1.54) is 0 Å². The topological polar surface area (TPSA) is 49.4 Å². The summed E-state index contributed by atoms with van der Waals surface area (Å²) in [5.74, 6) is 0.855. The quantitative estimate of drug-likeness (QED) is 0.928. The van der Waals surface area contributed by atoms with E-state index in [9.17, 15) is 8.42 Å². The van der Waals surface area contributed by atoms with Gasteiger partial charge in [0.2, 0.25) is 10.0 Å². The van der Waals surface area contributed by atoms with E-state index in [1.54, 1.807) is 16.4 Å². The van der Waals surface area contributed by atoms with Crippen molar-refractivity contribution in [2.75, 3.05) is 24.2 Å². The van der Waals surface area contributed by atoms with Crippen molar-refractivity contribution in [1.82, 2.24) is 4.31 Å². The number of para-hydroxylation sites is 1. The predicted octanol–water partition coefficient (Wildman–Crippen LogP) is 2.63. The number of thioether (sulfide) groups is 1. The number of nitrogens with zero attached hydrogens (tertiary/aromatic N) is 1. The molecule has 4 nitrogen and oxygen atoms in total. The largest absolute Gasteiger partial charge is 0.384 e. The second-order valence-electron chi connectivity index (χ2n) is 4.96. The fourth-order valence-corrected chi connectivity index (χ4v) is 5.56. The zero-order chi connectivity index (χ0) is 14.8. The third-order valence-corrected chi connectivity index (χ3v) is 7.05. The van der Waals surface area contributed by atoms with Crippen molar-refractivity contribution in [2.24, 2.45) is 0 Å². The average Bonchev–Trinajstić information content (AvgIpc) is 2.42. The smallest absolute Gasteiger partial charge is 0.245 e. The fraction of sp³-hybridized carbons (Fsp3) is 0.571. The molecule has 2 unspecified atom stereocenters. The van der Waals surface area contributed by atoms with Crippen LogP contribution in [0.2, 0.25) is 0 Å². The Morgan fingerprint density at radius 1 is 1.35 bits per heavy atom. The Morgan fingerprint density at radius 3 is 2.75 bits per heavy atom. The van der Waals surface area contributed by atoms with E-state index in [0.717, 1.165) is 5.75 Å². The third kappa shape index (κ3) is 2.97. The Labute approximate surface area is 126 Å². The molecule has 1 aliphatic rings. The molecular formula is C14H22N2O2S2. The van der Waals surface area contributed by atoms with E-state index in [-0.39, 0.29) is 6.04 Å². The van der Waals surface area contributed by atoms with E-state index < -0.39 is 10.0 Å². The van der Waals surface area contributed by atoms with Gasteiger partial charge < -0.3 is 5.32 Å². The maximum Gasteiger partial charge on any atom is 0.245 e. The first-order valence-corrected chi connectivity index (χ1v) is 9.43. The van der Waals surface area contributed by atoms with E-state index in [2.05, 4.69) is 12.2 Å². The Hall–Kier alpha value is -0.720. The molecule has 0 amide bonds. The van der Waals surface area contributed by atoms with Gasteiger partial charge in [-0.25, -0.2) is 8.42 Å². The van der Waals surface area contributed by atoms with Gasteiger partial charge in [-0.3, -0.25) is 0 Å². The molecule has 1 aromatic rings. The molecule has 0 spiro atoms. The molecule has 6 heteroatoms. The first-order valence-electron chi connectivity index (χ1n) is 6.94. The Bertz CT molecular complexity index is 560. The molecule has 0 bridgehead atoms. The zero-order valence-electron chi connectivity index (χ0n) is 12.2. The monoisotopic (exact) mass is 314 g/mol. The van der Waals surface area contributed by atoms with Crippen LogP contribution in [-0.2, 0) is 10.0 Å². The minimum absolute atomic E-state index is 0.0217. The van der Waals surface area contributed by atoms with Crippen LogP contribution in [0.1, 0.15) is 20.8 Å². The third-order valence-electron chi connectivity index (χ3n) is 3.67. The lowest BCUT2D eigenvalue weighted by molar-refractivity contribution is 0.340. The minimum atomic E-state index is -3.44. The average molecular weight is 314 g/mol. The number of hydrogen-bond donors (Lipinski definition) is 1. The molecule has 2 atom stereocenters. The zero-order valence-corrected chi connectivity index (χ0v) is 13.8. The second-order valence-corrected chi connectivity index (χ2v) is 8.30. The summed E-state index contributed by atoms with van der Waals surface area (Å²) in [6.45, 7) is 7.33. The van der Waals surface area contributed by atoms with Gasteiger partial charge in [-0.1, -0.05) is 19.1 Å². The molecule has 112 valence electrons. The van der Waals surface area contributed by atoms with Gasteiger partial charge in [0.05, 0.1) is 5.69 Å². The first kappa shape index (κ1) is 15.7. The number of hydrogen-bond acceptors (Lipinski definition) is 4. The van der Waals surface area contributed by atoms with Crippen molar-refractivity contribution < 1.29 is 8.42 Å². The summed E-state index contributed by atoms with van der Waals surface area (Å²) in [6, 6.07) is 7.17. The van der Waals surface area contributed by atoms with Crippen molar-refractivity contribution >= 4 is 27.5 Å². The van der Waals surface area contributed by atoms with E-state index >= 15 is 0 Å². The lowest BCUT2D eigenvalue weighted by Gasteiger charge is -2.36. The molecule has 1 saturated heterocycles. The number of sulfonamides is 1. The molecule has 0 aliphatic carbocycles. The molecule has 2 rings (SSSR count).